The molecule has 1 unspecified atom stereocenters. The molecule has 0 aliphatic carbocycles. The summed E-state index contributed by atoms with van der Waals surface area (Å²) in [6.45, 7) is 3.76. The van der Waals surface area contributed by atoms with Crippen LogP contribution in [0.5, 0.6) is 0 Å². The highest BCUT2D eigenvalue weighted by molar-refractivity contribution is 6.33. The summed E-state index contributed by atoms with van der Waals surface area (Å²) in [7, 11) is 0. The van der Waals surface area contributed by atoms with Crippen molar-refractivity contribution in [1.29, 1.82) is 0 Å². The molecule has 1 atom stereocenters. The first-order valence-electron chi connectivity index (χ1n) is 9.68. The number of anilines is 1. The van der Waals surface area contributed by atoms with Gasteiger partial charge in [-0.3, -0.25) is 9.59 Å². The third kappa shape index (κ3) is 4.75. The van der Waals surface area contributed by atoms with Gasteiger partial charge >= 0.3 is 0 Å². The van der Waals surface area contributed by atoms with Crippen LogP contribution in [0.4, 0.5) is 14.5 Å². The Balaban J connectivity index is 1.81. The molecule has 0 spiro atoms. The van der Waals surface area contributed by atoms with E-state index in [1.807, 2.05) is 4.90 Å². The van der Waals surface area contributed by atoms with E-state index in [0.29, 0.717) is 31.4 Å². The van der Waals surface area contributed by atoms with Crippen molar-refractivity contribution in [3.05, 3.63) is 51.4 Å². The molecule has 1 N–H and O–H groups in total. The van der Waals surface area contributed by atoms with Gasteiger partial charge in [0.1, 0.15) is 16.5 Å². The van der Waals surface area contributed by atoms with Gasteiger partial charge in [0.15, 0.2) is 5.82 Å². The lowest BCUT2D eigenvalue weighted by atomic mass is 9.96. The van der Waals surface area contributed by atoms with Crippen LogP contribution in [-0.2, 0) is 4.79 Å². The molecule has 1 fully saturated rings. The second-order valence-corrected chi connectivity index (χ2v) is 7.46. The fourth-order valence-electron chi connectivity index (χ4n) is 3.41. The lowest BCUT2D eigenvalue weighted by Gasteiger charge is -2.33. The molecule has 2 heterocycles. The molecule has 3 rings (SSSR count). The van der Waals surface area contributed by atoms with Crippen molar-refractivity contribution in [1.82, 2.24) is 15.1 Å². The second kappa shape index (κ2) is 9.35. The fraction of sp³-hybridized carbons (Fsp3) is 0.450. The number of halogens is 3. The molecule has 29 heavy (non-hydrogen) atoms. The number of amides is 1. The van der Waals surface area contributed by atoms with Crippen LogP contribution in [0.3, 0.4) is 0 Å². The van der Waals surface area contributed by atoms with E-state index >= 15 is 0 Å². The molecule has 0 bridgehead atoms. The quantitative estimate of drug-likeness (QED) is 0.722. The molecule has 1 aromatic carbocycles. The van der Waals surface area contributed by atoms with Gasteiger partial charge in [0.25, 0.3) is 5.56 Å². The van der Waals surface area contributed by atoms with E-state index in [9.17, 15) is 18.4 Å². The number of unbranched alkanes of at least 4 members (excludes halogenated alkanes) is 1. The minimum absolute atomic E-state index is 0.00560. The average Bonchev–Trinajstić information content (AvgIpc) is 2.71. The molecular weight excluding hydrogens is 402 g/mol. The maximum atomic E-state index is 14.0. The molecule has 156 valence electrons. The Morgan fingerprint density at radius 2 is 2.14 bits per heavy atom. The van der Waals surface area contributed by atoms with Gasteiger partial charge in [-0.25, -0.2) is 8.78 Å². The zero-order chi connectivity index (χ0) is 21.0. The highest BCUT2D eigenvalue weighted by atomic mass is 35.5. The molecule has 1 amide bonds. The lowest BCUT2D eigenvalue weighted by molar-refractivity contribution is -0.125. The first-order valence-corrected chi connectivity index (χ1v) is 10.1. The SMILES string of the molecule is CCCCNC(=O)C1CCCN(c2cnn(-c3ccc(F)cc3F)c(=O)c2Cl)C1. The van der Waals surface area contributed by atoms with Gasteiger partial charge in [-0.05, 0) is 31.4 Å². The van der Waals surface area contributed by atoms with Crippen molar-refractivity contribution in [2.24, 2.45) is 5.92 Å². The number of nitrogens with one attached hydrogen (secondary N) is 1. The zero-order valence-electron chi connectivity index (χ0n) is 16.1. The van der Waals surface area contributed by atoms with Gasteiger partial charge in [0.05, 0.1) is 17.8 Å². The molecule has 0 radical (unpaired) electrons. The van der Waals surface area contributed by atoms with Crippen molar-refractivity contribution in [2.45, 2.75) is 32.6 Å². The van der Waals surface area contributed by atoms with Crippen LogP contribution >= 0.6 is 11.6 Å². The van der Waals surface area contributed by atoms with Crippen LogP contribution in [-0.4, -0.2) is 35.3 Å². The highest BCUT2D eigenvalue weighted by Gasteiger charge is 2.28. The van der Waals surface area contributed by atoms with Gasteiger partial charge in [-0.15, -0.1) is 0 Å². The summed E-state index contributed by atoms with van der Waals surface area (Å²) in [5, 5.41) is 6.85. The van der Waals surface area contributed by atoms with E-state index in [2.05, 4.69) is 17.3 Å². The van der Waals surface area contributed by atoms with E-state index in [0.717, 1.165) is 42.5 Å². The van der Waals surface area contributed by atoms with Crippen molar-refractivity contribution >= 4 is 23.2 Å². The van der Waals surface area contributed by atoms with Crippen LogP contribution < -0.4 is 15.8 Å². The van der Waals surface area contributed by atoms with Crippen molar-refractivity contribution < 1.29 is 13.6 Å². The number of hydrogen-bond donors (Lipinski definition) is 1. The van der Waals surface area contributed by atoms with E-state index < -0.39 is 17.2 Å². The van der Waals surface area contributed by atoms with E-state index in [1.165, 1.54) is 6.20 Å². The number of carbonyl (C=O) groups is 1. The highest BCUT2D eigenvalue weighted by Crippen LogP contribution is 2.27. The van der Waals surface area contributed by atoms with Gasteiger partial charge < -0.3 is 10.2 Å². The predicted molar refractivity (Wildman–Crippen MR) is 108 cm³/mol. The minimum atomic E-state index is -0.912. The van der Waals surface area contributed by atoms with Crippen LogP contribution in [0.2, 0.25) is 5.02 Å². The summed E-state index contributed by atoms with van der Waals surface area (Å²) in [5.41, 5.74) is -0.484. The van der Waals surface area contributed by atoms with Gasteiger partial charge in [-0.1, -0.05) is 24.9 Å². The number of hydrogen-bond acceptors (Lipinski definition) is 4. The lowest BCUT2D eigenvalue weighted by Crippen LogP contribution is -2.44. The number of nitrogens with zero attached hydrogens (tertiary/aromatic N) is 3. The number of rotatable bonds is 6. The van der Waals surface area contributed by atoms with Crippen LogP contribution in [0.15, 0.2) is 29.2 Å². The molecule has 2 aromatic rings. The Kier molecular flexibility index (Phi) is 6.84. The van der Waals surface area contributed by atoms with E-state index in [1.54, 1.807) is 0 Å². The number of carbonyl (C=O) groups excluding carboxylic acids is 1. The molecule has 0 saturated carbocycles. The Morgan fingerprint density at radius 1 is 1.34 bits per heavy atom. The molecule has 6 nitrogen and oxygen atoms in total. The molecule has 1 aromatic heterocycles. The van der Waals surface area contributed by atoms with Crippen LogP contribution in [0, 0.1) is 17.6 Å². The maximum absolute atomic E-state index is 14.0. The summed E-state index contributed by atoms with van der Waals surface area (Å²) in [4.78, 5) is 26.9. The topological polar surface area (TPSA) is 67.2 Å². The van der Waals surface area contributed by atoms with Crippen LogP contribution in [0.25, 0.3) is 5.69 Å². The standard InChI is InChI=1S/C20H23ClF2N4O2/c1-2-3-8-24-19(28)13-5-4-9-26(12-13)17-11-25-27(20(29)18(17)21)16-7-6-14(22)10-15(16)23/h6-7,10-11,13H,2-5,8-9,12H2,1H3,(H,24,28). The average molecular weight is 425 g/mol. The summed E-state index contributed by atoms with van der Waals surface area (Å²) in [6.07, 6.45) is 4.85. The van der Waals surface area contributed by atoms with Gasteiger partial charge in [0.2, 0.25) is 5.91 Å². The number of benzene rings is 1. The first-order chi connectivity index (χ1) is 13.9. The smallest absolute Gasteiger partial charge is 0.292 e. The Labute approximate surface area is 172 Å². The number of aromatic nitrogens is 2. The van der Waals surface area contributed by atoms with E-state index in [4.69, 9.17) is 11.6 Å². The van der Waals surface area contributed by atoms with Crippen molar-refractivity contribution in [3.8, 4) is 5.69 Å². The Bertz CT molecular complexity index is 951. The van der Waals surface area contributed by atoms with Gasteiger partial charge in [0, 0.05) is 25.7 Å². The third-order valence-corrected chi connectivity index (χ3v) is 5.36. The number of piperidine rings is 1. The molecule has 1 saturated heterocycles. The van der Waals surface area contributed by atoms with E-state index in [-0.39, 0.29) is 22.5 Å². The molecule has 9 heteroatoms. The predicted octanol–water partition coefficient (Wildman–Crippen LogP) is 3.30. The molecule has 1 aliphatic rings. The summed E-state index contributed by atoms with van der Waals surface area (Å²) >= 11 is 6.28. The Morgan fingerprint density at radius 3 is 2.86 bits per heavy atom. The van der Waals surface area contributed by atoms with Crippen molar-refractivity contribution in [3.63, 3.8) is 0 Å². The summed E-state index contributed by atoms with van der Waals surface area (Å²) in [6, 6.07) is 2.85. The first kappa shape index (κ1) is 21.2. The Hall–Kier alpha value is -2.48. The maximum Gasteiger partial charge on any atom is 0.292 e. The summed E-state index contributed by atoms with van der Waals surface area (Å²) in [5.74, 6) is -1.87. The van der Waals surface area contributed by atoms with Gasteiger partial charge in [-0.2, -0.15) is 9.78 Å². The largest absolute Gasteiger partial charge is 0.368 e. The molecular formula is C20H23ClF2N4O2. The summed E-state index contributed by atoms with van der Waals surface area (Å²) < 4.78 is 28.0. The normalized spacial score (nSPS) is 16.7. The minimum Gasteiger partial charge on any atom is -0.368 e. The third-order valence-electron chi connectivity index (χ3n) is 5.00. The monoisotopic (exact) mass is 424 g/mol. The fourth-order valence-corrected chi connectivity index (χ4v) is 3.66. The second-order valence-electron chi connectivity index (χ2n) is 7.09. The van der Waals surface area contributed by atoms with Crippen LogP contribution in [0.1, 0.15) is 32.6 Å². The zero-order valence-corrected chi connectivity index (χ0v) is 16.9. The molecule has 1 aliphatic heterocycles. The van der Waals surface area contributed by atoms with Crippen molar-refractivity contribution in [2.75, 3.05) is 24.5 Å².